The summed E-state index contributed by atoms with van der Waals surface area (Å²) in [7, 11) is 1.33. The number of nitrogens with two attached hydrogens (primary N) is 1. The third kappa shape index (κ3) is 6.89. The highest BCUT2D eigenvalue weighted by Gasteiger charge is 2.25. The molecule has 0 spiro atoms. The Morgan fingerprint density at radius 1 is 1.10 bits per heavy atom. The highest BCUT2D eigenvalue weighted by molar-refractivity contribution is 5.84. The summed E-state index contributed by atoms with van der Waals surface area (Å²) < 4.78 is 4.71. The minimum atomic E-state index is -0.570. The van der Waals surface area contributed by atoms with Crippen LogP contribution in [0, 0.1) is 17.8 Å². The van der Waals surface area contributed by atoms with E-state index in [0.29, 0.717) is 24.8 Å². The van der Waals surface area contributed by atoms with E-state index in [4.69, 9.17) is 10.5 Å². The Morgan fingerprint density at radius 2 is 1.70 bits per heavy atom. The molecule has 0 radical (unpaired) electrons. The summed E-state index contributed by atoms with van der Waals surface area (Å²) in [5.41, 5.74) is 5.59. The van der Waals surface area contributed by atoms with E-state index in [-0.39, 0.29) is 11.8 Å². The number of carbonyl (C=O) groups excluding carboxylic acids is 2. The van der Waals surface area contributed by atoms with Crippen LogP contribution in [0.4, 0.5) is 0 Å². The van der Waals surface area contributed by atoms with Gasteiger partial charge in [-0.3, -0.25) is 4.79 Å². The fourth-order valence-corrected chi connectivity index (χ4v) is 2.21. The summed E-state index contributed by atoms with van der Waals surface area (Å²) in [5, 5.41) is 2.76. The van der Waals surface area contributed by atoms with Gasteiger partial charge in [-0.1, -0.05) is 27.7 Å². The van der Waals surface area contributed by atoms with Gasteiger partial charge in [0.05, 0.1) is 7.11 Å². The van der Waals surface area contributed by atoms with Gasteiger partial charge in [0, 0.05) is 6.42 Å². The zero-order valence-corrected chi connectivity index (χ0v) is 13.4. The van der Waals surface area contributed by atoms with Gasteiger partial charge in [-0.2, -0.15) is 0 Å². The van der Waals surface area contributed by atoms with Crippen molar-refractivity contribution in [2.24, 2.45) is 23.5 Å². The number of esters is 1. The standard InChI is InChI=1S/C15H30N2O3/c1-10(2)12(8-9-16)6-7-13(18)17-14(11(3)4)15(19)20-5/h10-12,14H,6-9,16H2,1-5H3,(H,17,18)/t12?,14-/m0/s1. The van der Waals surface area contributed by atoms with Crippen molar-refractivity contribution in [3.05, 3.63) is 0 Å². The monoisotopic (exact) mass is 286 g/mol. The number of carbonyl (C=O) groups is 2. The SMILES string of the molecule is COC(=O)[C@@H](NC(=O)CCC(CCN)C(C)C)C(C)C. The Labute approximate surface area is 122 Å². The molecule has 0 heterocycles. The summed E-state index contributed by atoms with van der Waals surface area (Å²) in [5.74, 6) is 0.470. The number of ether oxygens (including phenoxy) is 1. The zero-order chi connectivity index (χ0) is 15.7. The first kappa shape index (κ1) is 18.9. The molecule has 0 bridgehead atoms. The van der Waals surface area contributed by atoms with Crippen molar-refractivity contribution in [3.63, 3.8) is 0 Å². The third-order valence-electron chi connectivity index (χ3n) is 3.66. The molecule has 0 rings (SSSR count). The molecule has 0 aromatic carbocycles. The summed E-state index contributed by atoms with van der Waals surface area (Å²) in [6.45, 7) is 8.69. The normalized spacial score (nSPS) is 14.2. The van der Waals surface area contributed by atoms with Crippen molar-refractivity contribution in [2.45, 2.75) is 53.0 Å². The molecule has 0 fully saturated rings. The van der Waals surface area contributed by atoms with Gasteiger partial charge in [0.1, 0.15) is 6.04 Å². The molecule has 0 aliphatic carbocycles. The van der Waals surface area contributed by atoms with Crippen LogP contribution in [0.1, 0.15) is 47.0 Å². The van der Waals surface area contributed by atoms with E-state index in [2.05, 4.69) is 19.2 Å². The van der Waals surface area contributed by atoms with Gasteiger partial charge in [-0.05, 0) is 37.1 Å². The highest BCUT2D eigenvalue weighted by atomic mass is 16.5. The van der Waals surface area contributed by atoms with Crippen LogP contribution in [0.25, 0.3) is 0 Å². The predicted molar refractivity (Wildman–Crippen MR) is 80.0 cm³/mol. The average molecular weight is 286 g/mol. The summed E-state index contributed by atoms with van der Waals surface area (Å²) in [6.07, 6.45) is 2.14. The van der Waals surface area contributed by atoms with Gasteiger partial charge >= 0.3 is 5.97 Å². The Kier molecular flexibility index (Phi) is 9.21. The molecule has 20 heavy (non-hydrogen) atoms. The molecule has 1 unspecified atom stereocenters. The van der Waals surface area contributed by atoms with Crippen LogP contribution >= 0.6 is 0 Å². The van der Waals surface area contributed by atoms with Crippen molar-refractivity contribution in [2.75, 3.05) is 13.7 Å². The first-order valence-corrected chi connectivity index (χ1v) is 7.40. The second-order valence-corrected chi connectivity index (χ2v) is 5.93. The Hall–Kier alpha value is -1.10. The lowest BCUT2D eigenvalue weighted by molar-refractivity contribution is -0.146. The molecule has 3 N–H and O–H groups in total. The second kappa shape index (κ2) is 9.75. The maximum Gasteiger partial charge on any atom is 0.328 e. The minimum Gasteiger partial charge on any atom is -0.467 e. The van der Waals surface area contributed by atoms with Gasteiger partial charge in [0.15, 0.2) is 0 Å². The van der Waals surface area contributed by atoms with E-state index in [1.807, 2.05) is 13.8 Å². The molecule has 0 saturated heterocycles. The molecular formula is C15H30N2O3. The largest absolute Gasteiger partial charge is 0.467 e. The fraction of sp³-hybridized carbons (Fsp3) is 0.867. The lowest BCUT2D eigenvalue weighted by Gasteiger charge is -2.22. The van der Waals surface area contributed by atoms with Gasteiger partial charge < -0.3 is 15.8 Å². The summed E-state index contributed by atoms with van der Waals surface area (Å²) in [4.78, 5) is 23.5. The maximum atomic E-state index is 12.0. The zero-order valence-electron chi connectivity index (χ0n) is 13.4. The molecule has 5 heteroatoms. The number of methoxy groups -OCH3 is 1. The van der Waals surface area contributed by atoms with Crippen LogP contribution in [-0.2, 0) is 14.3 Å². The summed E-state index contributed by atoms with van der Waals surface area (Å²) in [6, 6.07) is -0.570. The smallest absolute Gasteiger partial charge is 0.328 e. The van der Waals surface area contributed by atoms with E-state index in [1.165, 1.54) is 7.11 Å². The van der Waals surface area contributed by atoms with Crippen LogP contribution in [-0.4, -0.2) is 31.6 Å². The molecule has 1 amide bonds. The maximum absolute atomic E-state index is 12.0. The number of amides is 1. The fourth-order valence-electron chi connectivity index (χ4n) is 2.21. The highest BCUT2D eigenvalue weighted by Crippen LogP contribution is 2.20. The quantitative estimate of drug-likeness (QED) is 0.632. The van der Waals surface area contributed by atoms with Gasteiger partial charge in [-0.25, -0.2) is 4.79 Å². The van der Waals surface area contributed by atoms with Gasteiger partial charge in [0.25, 0.3) is 0 Å². The number of hydrogen-bond acceptors (Lipinski definition) is 4. The molecule has 0 aromatic heterocycles. The van der Waals surface area contributed by atoms with Crippen molar-refractivity contribution in [1.82, 2.24) is 5.32 Å². The number of hydrogen-bond donors (Lipinski definition) is 2. The van der Waals surface area contributed by atoms with Crippen LogP contribution in [0.5, 0.6) is 0 Å². The van der Waals surface area contributed by atoms with E-state index in [0.717, 1.165) is 12.8 Å². The van der Waals surface area contributed by atoms with Gasteiger partial charge in [-0.15, -0.1) is 0 Å². The lowest BCUT2D eigenvalue weighted by atomic mass is 9.88. The van der Waals surface area contributed by atoms with Gasteiger partial charge in [0.2, 0.25) is 5.91 Å². The predicted octanol–water partition coefficient (Wildman–Crippen LogP) is 1.70. The molecule has 0 aliphatic rings. The molecular weight excluding hydrogens is 256 g/mol. The molecule has 5 nitrogen and oxygen atoms in total. The minimum absolute atomic E-state index is 0.0105. The summed E-state index contributed by atoms with van der Waals surface area (Å²) >= 11 is 0. The molecule has 0 saturated carbocycles. The topological polar surface area (TPSA) is 81.4 Å². The van der Waals surface area contributed by atoms with E-state index < -0.39 is 12.0 Å². The second-order valence-electron chi connectivity index (χ2n) is 5.93. The van der Waals surface area contributed by atoms with Crippen molar-refractivity contribution < 1.29 is 14.3 Å². The Bertz CT molecular complexity index is 303. The molecule has 0 aliphatic heterocycles. The van der Waals surface area contributed by atoms with Crippen LogP contribution in [0.15, 0.2) is 0 Å². The Morgan fingerprint density at radius 3 is 2.10 bits per heavy atom. The van der Waals surface area contributed by atoms with Crippen molar-refractivity contribution >= 4 is 11.9 Å². The van der Waals surface area contributed by atoms with Crippen LogP contribution in [0.3, 0.4) is 0 Å². The Balaban J connectivity index is 4.35. The molecule has 0 aromatic rings. The van der Waals surface area contributed by atoms with E-state index >= 15 is 0 Å². The first-order valence-electron chi connectivity index (χ1n) is 7.40. The van der Waals surface area contributed by atoms with Crippen LogP contribution in [0.2, 0.25) is 0 Å². The van der Waals surface area contributed by atoms with E-state index in [9.17, 15) is 9.59 Å². The first-order chi connectivity index (χ1) is 9.33. The number of nitrogens with one attached hydrogen (secondary N) is 1. The van der Waals surface area contributed by atoms with E-state index in [1.54, 1.807) is 0 Å². The average Bonchev–Trinajstić information content (AvgIpc) is 2.39. The van der Waals surface area contributed by atoms with Crippen LogP contribution < -0.4 is 11.1 Å². The molecule has 118 valence electrons. The van der Waals surface area contributed by atoms with Crippen molar-refractivity contribution in [1.29, 1.82) is 0 Å². The number of rotatable bonds is 9. The van der Waals surface area contributed by atoms with Crippen molar-refractivity contribution in [3.8, 4) is 0 Å². The third-order valence-corrected chi connectivity index (χ3v) is 3.66. The molecule has 2 atom stereocenters. The lowest BCUT2D eigenvalue weighted by Crippen LogP contribution is -2.45.